The van der Waals surface area contributed by atoms with E-state index in [1.807, 2.05) is 13.8 Å². The molecule has 29 heavy (non-hydrogen) atoms. The van der Waals surface area contributed by atoms with Gasteiger partial charge >= 0.3 is 5.97 Å². The number of carbonyl (C=O) groups excluding carboxylic acids is 1. The Balaban J connectivity index is 1.17. The molecule has 0 amide bonds. The molecule has 2 N–H and O–H groups in total. The van der Waals surface area contributed by atoms with Crippen molar-refractivity contribution in [2.75, 3.05) is 6.61 Å². The highest BCUT2D eigenvalue weighted by Crippen LogP contribution is 2.60. The van der Waals surface area contributed by atoms with Gasteiger partial charge < -0.3 is 14.9 Å². The Labute approximate surface area is 173 Å². The molecule has 0 radical (unpaired) electrons. The summed E-state index contributed by atoms with van der Waals surface area (Å²) in [5.74, 6) is 2.90. The lowest BCUT2D eigenvalue weighted by atomic mass is 9.50. The molecular formula is C24H35NO4. The lowest BCUT2D eigenvalue weighted by Gasteiger charge is -2.56. The second-order valence-electron chi connectivity index (χ2n) is 10.8. The Bertz CT molecular complexity index is 742. The van der Waals surface area contributed by atoms with Gasteiger partial charge in [-0.2, -0.15) is 0 Å². The van der Waals surface area contributed by atoms with Gasteiger partial charge in [-0.15, -0.1) is 0 Å². The zero-order chi connectivity index (χ0) is 20.3. The minimum atomic E-state index is -0.0396. The van der Waals surface area contributed by atoms with Crippen LogP contribution in [0.4, 0.5) is 0 Å². The van der Waals surface area contributed by atoms with E-state index in [4.69, 9.17) is 4.74 Å². The van der Waals surface area contributed by atoms with Crippen molar-refractivity contribution in [1.29, 1.82) is 0 Å². The molecule has 0 aliphatic heterocycles. The molecule has 5 saturated carbocycles. The number of carbonyl (C=O) groups is 1. The molecule has 0 aromatic carbocycles. The van der Waals surface area contributed by atoms with E-state index >= 15 is 0 Å². The molecule has 6 rings (SSSR count). The molecule has 4 bridgehead atoms. The van der Waals surface area contributed by atoms with Crippen LogP contribution >= 0.6 is 0 Å². The third kappa shape index (κ3) is 3.25. The second-order valence-corrected chi connectivity index (χ2v) is 10.8. The largest absolute Gasteiger partial charge is 0.494 e. The summed E-state index contributed by atoms with van der Waals surface area (Å²) in [5.41, 5.74) is 1.75. The van der Waals surface area contributed by atoms with Crippen LogP contribution in [0, 0.1) is 42.9 Å². The van der Waals surface area contributed by atoms with E-state index in [0.717, 1.165) is 54.6 Å². The fraction of sp³-hybridized carbons (Fsp3) is 0.792. The van der Waals surface area contributed by atoms with Crippen molar-refractivity contribution in [1.82, 2.24) is 4.57 Å². The summed E-state index contributed by atoms with van der Waals surface area (Å²) in [6, 6.07) is 0.0506. The summed E-state index contributed by atoms with van der Waals surface area (Å²) < 4.78 is 7.59. The number of rotatable bonds is 4. The first kappa shape index (κ1) is 19.3. The Hall–Kier alpha value is -1.65. The number of ether oxygens (including phenoxy) is 1. The number of hydrogen-bond donors (Lipinski definition) is 2. The summed E-state index contributed by atoms with van der Waals surface area (Å²) in [6.45, 7) is 4.29. The number of hydrogen-bond acceptors (Lipinski definition) is 4. The predicted octanol–water partition coefficient (Wildman–Crippen LogP) is 5.01. The van der Waals surface area contributed by atoms with Crippen molar-refractivity contribution in [2.45, 2.75) is 84.1 Å². The monoisotopic (exact) mass is 401 g/mol. The van der Waals surface area contributed by atoms with E-state index in [0.29, 0.717) is 6.61 Å². The molecule has 5 aliphatic carbocycles. The van der Waals surface area contributed by atoms with Crippen molar-refractivity contribution in [3.8, 4) is 11.8 Å². The fourth-order valence-electron chi connectivity index (χ4n) is 7.52. The molecule has 5 heteroatoms. The number of aromatic hydroxyl groups is 2. The molecule has 1 aromatic heterocycles. The van der Waals surface area contributed by atoms with E-state index in [1.165, 1.54) is 38.5 Å². The van der Waals surface area contributed by atoms with Crippen molar-refractivity contribution in [3.63, 3.8) is 0 Å². The van der Waals surface area contributed by atoms with Gasteiger partial charge in [0.2, 0.25) is 0 Å². The highest BCUT2D eigenvalue weighted by Gasteiger charge is 2.51. The predicted molar refractivity (Wildman–Crippen MR) is 110 cm³/mol. The molecule has 160 valence electrons. The third-order valence-corrected chi connectivity index (χ3v) is 8.77. The van der Waals surface area contributed by atoms with Gasteiger partial charge in [-0.1, -0.05) is 0 Å². The fourth-order valence-corrected chi connectivity index (χ4v) is 7.52. The highest BCUT2D eigenvalue weighted by atomic mass is 16.5. The number of aromatic nitrogens is 1. The van der Waals surface area contributed by atoms with Crippen molar-refractivity contribution in [3.05, 3.63) is 11.1 Å². The zero-order valence-corrected chi connectivity index (χ0v) is 17.8. The molecule has 1 aromatic rings. The number of nitrogens with zero attached hydrogens (tertiary/aromatic N) is 1. The SMILES string of the molecule is Cc1c(C)c(O)n(C2CCC(C(=O)OCC34CC5CC(CC(C5)C3)C4)CC2)c1O. The van der Waals surface area contributed by atoms with E-state index in [1.54, 1.807) is 4.57 Å². The van der Waals surface area contributed by atoms with Gasteiger partial charge in [0, 0.05) is 22.6 Å². The van der Waals surface area contributed by atoms with Crippen LogP contribution < -0.4 is 0 Å². The molecule has 0 saturated heterocycles. The first-order chi connectivity index (χ1) is 13.8. The molecule has 0 atom stereocenters. The summed E-state index contributed by atoms with van der Waals surface area (Å²) in [7, 11) is 0. The van der Waals surface area contributed by atoms with Crippen LogP contribution in [0.5, 0.6) is 11.8 Å². The average molecular weight is 402 g/mol. The minimum Gasteiger partial charge on any atom is -0.494 e. The molecular weight excluding hydrogens is 366 g/mol. The molecule has 1 heterocycles. The maximum atomic E-state index is 12.8. The summed E-state index contributed by atoms with van der Waals surface area (Å²) in [5, 5.41) is 20.7. The molecule has 0 spiro atoms. The van der Waals surface area contributed by atoms with E-state index in [9.17, 15) is 15.0 Å². The second kappa shape index (κ2) is 6.95. The smallest absolute Gasteiger partial charge is 0.308 e. The summed E-state index contributed by atoms with van der Waals surface area (Å²) in [6.07, 6.45) is 11.1. The highest BCUT2D eigenvalue weighted by molar-refractivity contribution is 5.72. The van der Waals surface area contributed by atoms with Crippen molar-refractivity contribution < 1.29 is 19.7 Å². The standard InChI is InChI=1S/C24H35NO4/c1-14-15(2)22(27)25(21(14)26)20-5-3-19(4-6-20)23(28)29-13-24-10-16-7-17(11-24)9-18(8-16)12-24/h16-20,26-27H,3-13H2,1-2H3. The normalized spacial score (nSPS) is 38.3. The maximum absolute atomic E-state index is 12.8. The molecule has 5 fully saturated rings. The summed E-state index contributed by atoms with van der Waals surface area (Å²) in [4.78, 5) is 12.8. The maximum Gasteiger partial charge on any atom is 0.308 e. The van der Waals surface area contributed by atoms with Crippen molar-refractivity contribution >= 4 is 5.97 Å². The van der Waals surface area contributed by atoms with Gasteiger partial charge in [0.15, 0.2) is 11.8 Å². The summed E-state index contributed by atoms with van der Waals surface area (Å²) >= 11 is 0. The van der Waals surface area contributed by atoms with Gasteiger partial charge in [0.25, 0.3) is 0 Å². The number of esters is 1. The van der Waals surface area contributed by atoms with Gasteiger partial charge in [-0.05, 0) is 95.8 Å². The van der Waals surface area contributed by atoms with Crippen LogP contribution in [0.25, 0.3) is 0 Å². The molecule has 0 unspecified atom stereocenters. The van der Waals surface area contributed by atoms with Crippen LogP contribution in [-0.4, -0.2) is 27.4 Å². The lowest BCUT2D eigenvalue weighted by Crippen LogP contribution is -2.48. The lowest BCUT2D eigenvalue weighted by molar-refractivity contribution is -0.161. The van der Waals surface area contributed by atoms with Crippen LogP contribution in [0.1, 0.15) is 81.4 Å². The van der Waals surface area contributed by atoms with Gasteiger partial charge in [0.1, 0.15) is 0 Å². The topological polar surface area (TPSA) is 71.7 Å². The first-order valence-corrected chi connectivity index (χ1v) is 11.6. The zero-order valence-electron chi connectivity index (χ0n) is 17.8. The van der Waals surface area contributed by atoms with Crippen LogP contribution in [0.15, 0.2) is 0 Å². The van der Waals surface area contributed by atoms with E-state index in [-0.39, 0.29) is 35.1 Å². The molecule has 5 nitrogen and oxygen atoms in total. The minimum absolute atomic E-state index is 0.0208. The first-order valence-electron chi connectivity index (χ1n) is 11.6. The van der Waals surface area contributed by atoms with Crippen LogP contribution in [0.2, 0.25) is 0 Å². The van der Waals surface area contributed by atoms with Crippen LogP contribution in [0.3, 0.4) is 0 Å². The Morgan fingerprint density at radius 3 is 1.90 bits per heavy atom. The van der Waals surface area contributed by atoms with Gasteiger partial charge in [-0.3, -0.25) is 9.36 Å². The van der Waals surface area contributed by atoms with Crippen molar-refractivity contribution in [2.24, 2.45) is 29.1 Å². The van der Waals surface area contributed by atoms with E-state index < -0.39 is 0 Å². The Morgan fingerprint density at radius 1 is 0.931 bits per heavy atom. The Kier molecular flexibility index (Phi) is 4.63. The van der Waals surface area contributed by atoms with Gasteiger partial charge in [-0.25, -0.2) is 0 Å². The third-order valence-electron chi connectivity index (χ3n) is 8.77. The average Bonchev–Trinajstić information content (AvgIpc) is 2.88. The van der Waals surface area contributed by atoms with Crippen LogP contribution in [-0.2, 0) is 9.53 Å². The van der Waals surface area contributed by atoms with E-state index in [2.05, 4.69) is 0 Å². The molecule has 5 aliphatic rings. The quantitative estimate of drug-likeness (QED) is 0.696. The van der Waals surface area contributed by atoms with Gasteiger partial charge in [0.05, 0.1) is 12.5 Å². The Morgan fingerprint density at radius 2 is 1.41 bits per heavy atom.